The van der Waals surface area contributed by atoms with E-state index in [9.17, 15) is 14.4 Å². The number of benzene rings is 2. The number of nitrogens with one attached hydrogen (secondary N) is 2. The van der Waals surface area contributed by atoms with Crippen molar-refractivity contribution in [3.8, 4) is 5.75 Å². The number of ether oxygens (including phenoxy) is 1. The van der Waals surface area contributed by atoms with Crippen molar-refractivity contribution in [2.75, 3.05) is 16.8 Å². The Hall–Kier alpha value is -4.20. The molecule has 1 aliphatic carbocycles. The molecule has 0 radical (unpaired) electrons. The maximum absolute atomic E-state index is 14.1. The van der Waals surface area contributed by atoms with Crippen LogP contribution < -0.4 is 20.3 Å². The largest absolute Gasteiger partial charge is 0.494 e. The molecule has 8 nitrogen and oxygen atoms in total. The minimum Gasteiger partial charge on any atom is -0.494 e. The summed E-state index contributed by atoms with van der Waals surface area (Å²) in [5.41, 5.74) is 3.48. The third kappa shape index (κ3) is 8.41. The molecule has 2 aromatic carbocycles. The lowest BCUT2D eigenvalue weighted by Crippen LogP contribution is -2.47. The molecular formula is C34H42N4O4. The van der Waals surface area contributed by atoms with Gasteiger partial charge in [-0.2, -0.15) is 0 Å². The summed E-state index contributed by atoms with van der Waals surface area (Å²) >= 11 is 0. The van der Waals surface area contributed by atoms with E-state index in [1.807, 2.05) is 63.2 Å². The summed E-state index contributed by atoms with van der Waals surface area (Å²) in [7, 11) is 0. The summed E-state index contributed by atoms with van der Waals surface area (Å²) in [6.45, 7) is 6.47. The van der Waals surface area contributed by atoms with E-state index >= 15 is 0 Å². The third-order valence-corrected chi connectivity index (χ3v) is 7.73. The highest BCUT2D eigenvalue weighted by atomic mass is 16.5. The summed E-state index contributed by atoms with van der Waals surface area (Å²) in [6.07, 6.45) is 7.42. The van der Waals surface area contributed by atoms with Crippen molar-refractivity contribution in [1.29, 1.82) is 0 Å². The first kappa shape index (κ1) is 30.8. The van der Waals surface area contributed by atoms with Crippen LogP contribution in [0.2, 0.25) is 0 Å². The summed E-state index contributed by atoms with van der Waals surface area (Å²) in [5, 5.41) is 6.02. The Morgan fingerprint density at radius 1 is 0.952 bits per heavy atom. The zero-order chi connectivity index (χ0) is 29.9. The Kier molecular flexibility index (Phi) is 11.1. The number of nitrogens with zero attached hydrogens (tertiary/aromatic N) is 2. The number of rotatable bonds is 12. The molecule has 3 aromatic rings. The smallest absolute Gasteiger partial charge is 0.248 e. The molecule has 8 heteroatoms. The first-order valence-corrected chi connectivity index (χ1v) is 15.0. The Morgan fingerprint density at radius 3 is 2.38 bits per heavy atom. The van der Waals surface area contributed by atoms with Crippen molar-refractivity contribution in [3.05, 3.63) is 83.6 Å². The fourth-order valence-corrected chi connectivity index (χ4v) is 5.33. The lowest BCUT2D eigenvalue weighted by atomic mass is 9.94. The standard InChI is InChI=1S/C34H42N4O4/c1-4-42-29-20-17-26(18-21-29)33(34(41)36-27-11-6-5-7-12-27)38(28-19-16-24(2)25(3)23-28)32(40)15-10-14-31(39)37-30-13-8-9-22-35-30/h8-9,13,16-23,27,33H,4-7,10-12,14-15H2,1-3H3,(H,36,41)(H,35,37,39). The van der Waals surface area contributed by atoms with Gasteiger partial charge in [0.15, 0.2) is 0 Å². The zero-order valence-electron chi connectivity index (χ0n) is 24.9. The Morgan fingerprint density at radius 2 is 1.71 bits per heavy atom. The predicted octanol–water partition coefficient (Wildman–Crippen LogP) is 6.43. The van der Waals surface area contributed by atoms with Gasteiger partial charge in [0.05, 0.1) is 6.61 Å². The quantitative estimate of drug-likeness (QED) is 0.261. The van der Waals surface area contributed by atoms with Gasteiger partial charge in [0, 0.05) is 30.8 Å². The molecule has 42 heavy (non-hydrogen) atoms. The van der Waals surface area contributed by atoms with Crippen LogP contribution in [-0.4, -0.2) is 35.4 Å². The number of hydrogen-bond donors (Lipinski definition) is 2. The van der Waals surface area contributed by atoms with Crippen molar-refractivity contribution in [3.63, 3.8) is 0 Å². The van der Waals surface area contributed by atoms with Gasteiger partial charge in [-0.25, -0.2) is 4.98 Å². The second kappa shape index (κ2) is 15.1. The molecule has 0 aliphatic heterocycles. The maximum atomic E-state index is 14.1. The van der Waals surface area contributed by atoms with Gasteiger partial charge < -0.3 is 15.4 Å². The molecule has 3 amide bonds. The first-order chi connectivity index (χ1) is 20.4. The first-order valence-electron chi connectivity index (χ1n) is 15.0. The lowest BCUT2D eigenvalue weighted by molar-refractivity contribution is -0.127. The molecule has 2 N–H and O–H groups in total. The van der Waals surface area contributed by atoms with E-state index in [4.69, 9.17) is 4.74 Å². The van der Waals surface area contributed by atoms with Crippen molar-refractivity contribution in [1.82, 2.24) is 10.3 Å². The van der Waals surface area contributed by atoms with Gasteiger partial charge in [0.25, 0.3) is 0 Å². The van der Waals surface area contributed by atoms with Gasteiger partial charge in [0.2, 0.25) is 17.7 Å². The Balaban J connectivity index is 1.61. The predicted molar refractivity (Wildman–Crippen MR) is 165 cm³/mol. The highest BCUT2D eigenvalue weighted by Crippen LogP contribution is 2.32. The molecular weight excluding hydrogens is 528 g/mol. The number of pyridine rings is 1. The van der Waals surface area contributed by atoms with E-state index in [1.165, 1.54) is 6.42 Å². The molecule has 0 spiro atoms. The molecule has 0 bridgehead atoms. The number of amides is 3. The van der Waals surface area contributed by atoms with Crippen LogP contribution in [0.1, 0.15) is 81.0 Å². The van der Waals surface area contributed by atoms with Gasteiger partial charge >= 0.3 is 0 Å². The number of carbonyl (C=O) groups is 3. The number of aromatic nitrogens is 1. The van der Waals surface area contributed by atoms with E-state index < -0.39 is 6.04 Å². The SMILES string of the molecule is CCOc1ccc(C(C(=O)NC2CCCCC2)N(C(=O)CCCC(=O)Nc2ccccn2)c2ccc(C)c(C)c2)cc1. The zero-order valence-corrected chi connectivity index (χ0v) is 24.9. The van der Waals surface area contributed by atoms with E-state index in [2.05, 4.69) is 15.6 Å². The van der Waals surface area contributed by atoms with Crippen LogP contribution in [0.15, 0.2) is 66.9 Å². The Labute approximate surface area is 248 Å². The fourth-order valence-electron chi connectivity index (χ4n) is 5.33. The van der Waals surface area contributed by atoms with Gasteiger partial charge in [-0.1, -0.05) is 43.5 Å². The molecule has 1 fully saturated rings. The van der Waals surface area contributed by atoms with Crippen LogP contribution >= 0.6 is 0 Å². The van der Waals surface area contributed by atoms with Crippen molar-refractivity contribution in [2.24, 2.45) is 0 Å². The molecule has 1 unspecified atom stereocenters. The van der Waals surface area contributed by atoms with Gasteiger partial charge in [-0.15, -0.1) is 0 Å². The van der Waals surface area contributed by atoms with Crippen molar-refractivity contribution in [2.45, 2.75) is 84.2 Å². The van der Waals surface area contributed by atoms with Crippen LogP contribution in [0.3, 0.4) is 0 Å². The van der Waals surface area contributed by atoms with Gasteiger partial charge in [-0.3, -0.25) is 19.3 Å². The minimum atomic E-state index is -0.875. The minimum absolute atomic E-state index is 0.0865. The van der Waals surface area contributed by atoms with E-state index in [-0.39, 0.29) is 36.6 Å². The van der Waals surface area contributed by atoms with Crippen LogP contribution in [0, 0.1) is 13.8 Å². The molecule has 222 valence electrons. The average Bonchev–Trinajstić information content (AvgIpc) is 2.99. The maximum Gasteiger partial charge on any atom is 0.248 e. The molecule has 4 rings (SSSR count). The number of hydrogen-bond acceptors (Lipinski definition) is 5. The highest BCUT2D eigenvalue weighted by molar-refractivity contribution is 6.01. The average molecular weight is 571 g/mol. The van der Waals surface area contributed by atoms with E-state index in [0.717, 1.165) is 36.8 Å². The topological polar surface area (TPSA) is 101 Å². The van der Waals surface area contributed by atoms with Crippen LogP contribution in [-0.2, 0) is 14.4 Å². The monoisotopic (exact) mass is 570 g/mol. The van der Waals surface area contributed by atoms with Gasteiger partial charge in [-0.05, 0) is 93.1 Å². The van der Waals surface area contributed by atoms with Crippen LogP contribution in [0.25, 0.3) is 0 Å². The van der Waals surface area contributed by atoms with Crippen LogP contribution in [0.5, 0.6) is 5.75 Å². The highest BCUT2D eigenvalue weighted by Gasteiger charge is 2.34. The summed E-state index contributed by atoms with van der Waals surface area (Å²) in [6, 6.07) is 17.7. The second-order valence-corrected chi connectivity index (χ2v) is 10.9. The van der Waals surface area contributed by atoms with Crippen LogP contribution in [0.4, 0.5) is 11.5 Å². The molecule has 1 heterocycles. The summed E-state index contributed by atoms with van der Waals surface area (Å²) in [5.74, 6) is 0.542. The normalized spacial score (nSPS) is 14.1. The van der Waals surface area contributed by atoms with Gasteiger partial charge in [0.1, 0.15) is 17.6 Å². The number of aryl methyl sites for hydroxylation is 2. The lowest BCUT2D eigenvalue weighted by Gasteiger charge is -2.34. The molecule has 1 aromatic heterocycles. The van der Waals surface area contributed by atoms with E-state index in [0.29, 0.717) is 35.8 Å². The second-order valence-electron chi connectivity index (χ2n) is 10.9. The third-order valence-electron chi connectivity index (χ3n) is 7.73. The summed E-state index contributed by atoms with van der Waals surface area (Å²) < 4.78 is 5.64. The molecule has 0 saturated heterocycles. The fraction of sp³-hybridized carbons (Fsp3) is 0.412. The number of anilines is 2. The van der Waals surface area contributed by atoms with E-state index in [1.54, 1.807) is 29.3 Å². The molecule has 1 saturated carbocycles. The number of carbonyl (C=O) groups excluding carboxylic acids is 3. The Bertz CT molecular complexity index is 1340. The van der Waals surface area contributed by atoms with Crippen molar-refractivity contribution < 1.29 is 19.1 Å². The molecule has 1 atom stereocenters. The molecule has 1 aliphatic rings. The van der Waals surface area contributed by atoms with Crippen molar-refractivity contribution >= 4 is 29.2 Å². The summed E-state index contributed by atoms with van der Waals surface area (Å²) in [4.78, 5) is 46.4.